The second-order valence-electron chi connectivity index (χ2n) is 4.70. The molecule has 1 saturated heterocycles. The molecule has 1 heterocycles. The summed E-state index contributed by atoms with van der Waals surface area (Å²) < 4.78 is 33.4. The lowest BCUT2D eigenvalue weighted by Crippen LogP contribution is -2.48. The zero-order valence-corrected chi connectivity index (χ0v) is 13.5. The Kier molecular flexibility index (Phi) is 7.08. The summed E-state index contributed by atoms with van der Waals surface area (Å²) in [5, 5.41) is 0. The van der Waals surface area contributed by atoms with Crippen molar-refractivity contribution in [2.24, 2.45) is 0 Å². The first-order valence-electron chi connectivity index (χ1n) is 6.37. The Bertz CT molecular complexity index is 337. The summed E-state index contributed by atoms with van der Waals surface area (Å²) >= 11 is 3.44. The van der Waals surface area contributed by atoms with E-state index in [1.807, 2.05) is 6.92 Å². The van der Waals surface area contributed by atoms with Gasteiger partial charge in [0.2, 0.25) is 0 Å². The Hall–Kier alpha value is 0.310. The smallest absolute Gasteiger partial charge is 0.279 e. The largest absolute Gasteiger partial charge is 0.384 e. The monoisotopic (exact) mass is 342 g/mol. The number of ether oxygens (including phenoxy) is 1. The van der Waals surface area contributed by atoms with E-state index >= 15 is 0 Å². The highest BCUT2D eigenvalue weighted by Crippen LogP contribution is 2.19. The van der Waals surface area contributed by atoms with Crippen LogP contribution in [0.25, 0.3) is 0 Å². The van der Waals surface area contributed by atoms with Crippen LogP contribution in [0.15, 0.2) is 0 Å². The molecule has 18 heavy (non-hydrogen) atoms. The molecule has 1 fully saturated rings. The van der Waals surface area contributed by atoms with Crippen molar-refractivity contribution >= 4 is 26.1 Å². The minimum Gasteiger partial charge on any atom is -0.384 e. The predicted molar refractivity (Wildman–Crippen MR) is 76.1 cm³/mol. The molecule has 2 unspecified atom stereocenters. The standard InChI is InChI=1S/C11H23BrN2O3S/c1-10-5-3-4-8-14(10)18(15,16)13-7-6-11(12)9-17-2/h10-11,13H,3-9H2,1-2H3. The third-order valence-corrected chi connectivity index (χ3v) is 5.59. The van der Waals surface area contributed by atoms with E-state index in [1.54, 1.807) is 11.4 Å². The van der Waals surface area contributed by atoms with E-state index in [1.165, 1.54) is 0 Å². The number of nitrogens with one attached hydrogen (secondary N) is 1. The molecule has 1 rings (SSSR count). The van der Waals surface area contributed by atoms with Gasteiger partial charge in [0, 0.05) is 31.1 Å². The number of alkyl halides is 1. The topological polar surface area (TPSA) is 58.6 Å². The maximum Gasteiger partial charge on any atom is 0.279 e. The summed E-state index contributed by atoms with van der Waals surface area (Å²) in [4.78, 5) is 0.184. The highest BCUT2D eigenvalue weighted by molar-refractivity contribution is 9.09. The van der Waals surface area contributed by atoms with Gasteiger partial charge in [0.25, 0.3) is 10.2 Å². The van der Waals surface area contributed by atoms with Crippen LogP contribution < -0.4 is 4.72 Å². The van der Waals surface area contributed by atoms with E-state index in [9.17, 15) is 8.42 Å². The van der Waals surface area contributed by atoms with Crippen LogP contribution in [0.2, 0.25) is 0 Å². The van der Waals surface area contributed by atoms with Crippen LogP contribution in [0.1, 0.15) is 32.6 Å². The maximum atomic E-state index is 12.1. The summed E-state index contributed by atoms with van der Waals surface area (Å²) in [5.41, 5.74) is 0. The molecule has 2 atom stereocenters. The number of nitrogens with zero attached hydrogens (tertiary/aromatic N) is 1. The molecule has 0 aliphatic carbocycles. The van der Waals surface area contributed by atoms with Crippen LogP contribution >= 0.6 is 15.9 Å². The number of methoxy groups -OCH3 is 1. The summed E-state index contributed by atoms with van der Waals surface area (Å²) in [6.07, 6.45) is 3.74. The van der Waals surface area contributed by atoms with E-state index in [2.05, 4.69) is 20.7 Å². The minimum absolute atomic E-state index is 0.106. The molecule has 108 valence electrons. The lowest BCUT2D eigenvalue weighted by atomic mass is 10.1. The number of halogens is 1. The van der Waals surface area contributed by atoms with Crippen molar-refractivity contribution in [1.82, 2.24) is 9.03 Å². The van der Waals surface area contributed by atoms with Gasteiger partial charge in [-0.1, -0.05) is 22.4 Å². The molecule has 0 amide bonds. The molecule has 0 aromatic carbocycles. The summed E-state index contributed by atoms with van der Waals surface area (Å²) in [6.45, 7) is 3.62. The fraction of sp³-hybridized carbons (Fsp3) is 1.00. The van der Waals surface area contributed by atoms with E-state index in [4.69, 9.17) is 4.74 Å². The molecule has 1 aliphatic rings. The Balaban J connectivity index is 2.39. The van der Waals surface area contributed by atoms with Gasteiger partial charge in [0.15, 0.2) is 0 Å². The van der Waals surface area contributed by atoms with Crippen LogP contribution in [0.3, 0.4) is 0 Å². The minimum atomic E-state index is -3.32. The Morgan fingerprint density at radius 2 is 2.22 bits per heavy atom. The molecular weight excluding hydrogens is 320 g/mol. The fourth-order valence-electron chi connectivity index (χ4n) is 2.12. The summed E-state index contributed by atoms with van der Waals surface area (Å²) in [7, 11) is -1.69. The van der Waals surface area contributed by atoms with Gasteiger partial charge in [-0.15, -0.1) is 0 Å². The van der Waals surface area contributed by atoms with Gasteiger partial charge in [-0.25, -0.2) is 4.72 Å². The van der Waals surface area contributed by atoms with Crippen LogP contribution in [-0.2, 0) is 14.9 Å². The maximum absolute atomic E-state index is 12.1. The van der Waals surface area contributed by atoms with Gasteiger partial charge in [-0.05, 0) is 26.2 Å². The van der Waals surface area contributed by atoms with Crippen molar-refractivity contribution in [3.05, 3.63) is 0 Å². The Labute approximate surface area is 119 Å². The van der Waals surface area contributed by atoms with Crippen molar-refractivity contribution in [1.29, 1.82) is 0 Å². The van der Waals surface area contributed by atoms with Crippen molar-refractivity contribution in [3.63, 3.8) is 0 Å². The SMILES string of the molecule is COCC(Br)CCNS(=O)(=O)N1CCCCC1C. The Morgan fingerprint density at radius 1 is 1.50 bits per heavy atom. The molecule has 1 N–H and O–H groups in total. The molecule has 0 radical (unpaired) electrons. The van der Waals surface area contributed by atoms with Crippen LogP contribution in [0.5, 0.6) is 0 Å². The molecule has 7 heteroatoms. The first-order valence-corrected chi connectivity index (χ1v) is 8.72. The number of hydrogen-bond donors (Lipinski definition) is 1. The van der Waals surface area contributed by atoms with Crippen LogP contribution in [0.4, 0.5) is 0 Å². The second-order valence-corrected chi connectivity index (χ2v) is 7.70. The Morgan fingerprint density at radius 3 is 2.83 bits per heavy atom. The van der Waals surface area contributed by atoms with Crippen LogP contribution in [0, 0.1) is 0 Å². The first-order chi connectivity index (χ1) is 8.47. The van der Waals surface area contributed by atoms with Gasteiger partial charge in [0.05, 0.1) is 6.61 Å². The second kappa shape index (κ2) is 7.79. The average molecular weight is 343 g/mol. The lowest BCUT2D eigenvalue weighted by molar-refractivity contribution is 0.198. The van der Waals surface area contributed by atoms with Gasteiger partial charge >= 0.3 is 0 Å². The van der Waals surface area contributed by atoms with Crippen LogP contribution in [-0.4, -0.2) is 50.4 Å². The van der Waals surface area contributed by atoms with Gasteiger partial charge < -0.3 is 4.74 Å². The zero-order valence-electron chi connectivity index (χ0n) is 11.1. The number of rotatable bonds is 7. The highest BCUT2D eigenvalue weighted by atomic mass is 79.9. The third-order valence-electron chi connectivity index (χ3n) is 3.14. The number of piperidine rings is 1. The molecule has 5 nitrogen and oxygen atoms in total. The normalized spacial score (nSPS) is 24.1. The highest BCUT2D eigenvalue weighted by Gasteiger charge is 2.28. The van der Waals surface area contributed by atoms with Crippen molar-refractivity contribution in [2.45, 2.75) is 43.5 Å². The molecule has 0 saturated carbocycles. The van der Waals surface area contributed by atoms with E-state index in [0.29, 0.717) is 19.7 Å². The van der Waals surface area contributed by atoms with E-state index < -0.39 is 10.2 Å². The molecule has 0 aromatic rings. The van der Waals surface area contributed by atoms with Crippen molar-refractivity contribution < 1.29 is 13.2 Å². The van der Waals surface area contributed by atoms with Gasteiger partial charge in [-0.2, -0.15) is 12.7 Å². The molecule has 0 aromatic heterocycles. The lowest BCUT2D eigenvalue weighted by Gasteiger charge is -2.32. The van der Waals surface area contributed by atoms with Gasteiger partial charge in [-0.3, -0.25) is 0 Å². The average Bonchev–Trinajstić information content (AvgIpc) is 2.29. The zero-order chi connectivity index (χ0) is 13.6. The predicted octanol–water partition coefficient (Wildman–Crippen LogP) is 1.50. The van der Waals surface area contributed by atoms with E-state index in [-0.39, 0.29) is 10.9 Å². The third kappa shape index (κ3) is 5.13. The molecule has 0 spiro atoms. The van der Waals surface area contributed by atoms with Crippen molar-refractivity contribution in [2.75, 3.05) is 26.8 Å². The number of hydrogen-bond acceptors (Lipinski definition) is 3. The summed E-state index contributed by atoms with van der Waals surface area (Å²) in [6, 6.07) is 0.106. The fourth-order valence-corrected chi connectivity index (χ4v) is 4.10. The molecular formula is C11H23BrN2O3S. The first kappa shape index (κ1) is 16.4. The molecule has 1 aliphatic heterocycles. The quantitative estimate of drug-likeness (QED) is 0.713. The van der Waals surface area contributed by atoms with Crippen molar-refractivity contribution in [3.8, 4) is 0 Å². The van der Waals surface area contributed by atoms with Gasteiger partial charge in [0.1, 0.15) is 0 Å². The molecule has 0 bridgehead atoms. The van der Waals surface area contributed by atoms with E-state index in [0.717, 1.165) is 25.7 Å². The summed E-state index contributed by atoms with van der Waals surface area (Å²) in [5.74, 6) is 0.